The Balaban J connectivity index is 0.000000191. The smallest absolute Gasteiger partial charge is 0.239 e. The second-order valence-corrected chi connectivity index (χ2v) is 6.04. The van der Waals surface area contributed by atoms with E-state index in [0.29, 0.717) is 0 Å². The van der Waals surface area contributed by atoms with Crippen molar-refractivity contribution in [3.8, 4) is 0 Å². The Morgan fingerprint density at radius 3 is 1.89 bits per heavy atom. The van der Waals surface area contributed by atoms with Crippen molar-refractivity contribution in [2.75, 3.05) is 33.2 Å². The van der Waals surface area contributed by atoms with E-state index < -0.39 is 0 Å². The van der Waals surface area contributed by atoms with E-state index in [-0.39, 0.29) is 22.9 Å². The number of carbonyl (C=O) groups excluding carboxylic acids is 2. The minimum absolute atomic E-state index is 0.0914. The van der Waals surface area contributed by atoms with Crippen LogP contribution in [0.15, 0.2) is 0 Å². The van der Waals surface area contributed by atoms with E-state index in [4.69, 9.17) is 0 Å². The maximum absolute atomic E-state index is 11.2. The van der Waals surface area contributed by atoms with Crippen molar-refractivity contribution < 1.29 is 9.59 Å². The Morgan fingerprint density at radius 1 is 0.947 bits per heavy atom. The van der Waals surface area contributed by atoms with Gasteiger partial charge in [-0.15, -0.1) is 0 Å². The van der Waals surface area contributed by atoms with Crippen LogP contribution in [0, 0.1) is 0 Å². The van der Waals surface area contributed by atoms with Gasteiger partial charge < -0.3 is 16.0 Å². The molecule has 0 atom stereocenters. The standard InChI is InChI=1S/C7H14N2O.C6H12N2O/c1-7(2)6(10)8-4-5-9(7)3;1-6(2)5(9)7-3-4-8-6/h4-5H2,1-3H3,(H,8,10);8H,3-4H2,1-2H3,(H,7,9). The van der Waals surface area contributed by atoms with Gasteiger partial charge in [-0.25, -0.2) is 0 Å². The highest BCUT2D eigenvalue weighted by Crippen LogP contribution is 2.14. The predicted molar refractivity (Wildman–Crippen MR) is 74.8 cm³/mol. The van der Waals surface area contributed by atoms with Gasteiger partial charge >= 0.3 is 0 Å². The molecule has 0 unspecified atom stereocenters. The van der Waals surface area contributed by atoms with Crippen LogP contribution in [0.3, 0.4) is 0 Å². The molecule has 3 N–H and O–H groups in total. The van der Waals surface area contributed by atoms with Crippen molar-refractivity contribution >= 4 is 11.8 Å². The number of nitrogens with zero attached hydrogens (tertiary/aromatic N) is 1. The molecule has 2 aliphatic heterocycles. The second-order valence-electron chi connectivity index (χ2n) is 6.04. The molecule has 0 aromatic rings. The van der Waals surface area contributed by atoms with Crippen LogP contribution >= 0.6 is 0 Å². The zero-order valence-corrected chi connectivity index (χ0v) is 12.6. The van der Waals surface area contributed by atoms with Crippen molar-refractivity contribution in [1.29, 1.82) is 0 Å². The molecule has 0 saturated carbocycles. The lowest BCUT2D eigenvalue weighted by Gasteiger charge is -2.38. The number of piperazine rings is 2. The normalized spacial score (nSPS) is 25.7. The first-order chi connectivity index (χ1) is 8.68. The summed E-state index contributed by atoms with van der Waals surface area (Å²) in [6.07, 6.45) is 0. The van der Waals surface area contributed by atoms with Gasteiger partial charge in [-0.1, -0.05) is 0 Å². The molecule has 2 fully saturated rings. The third-order valence-corrected chi connectivity index (χ3v) is 3.79. The lowest BCUT2D eigenvalue weighted by Crippen LogP contribution is -2.60. The minimum Gasteiger partial charge on any atom is -0.353 e. The van der Waals surface area contributed by atoms with Crippen molar-refractivity contribution in [1.82, 2.24) is 20.9 Å². The average Bonchev–Trinajstić information content (AvgIpc) is 2.31. The number of rotatable bonds is 0. The van der Waals surface area contributed by atoms with Gasteiger partial charge in [-0.05, 0) is 34.7 Å². The van der Waals surface area contributed by atoms with E-state index in [9.17, 15) is 9.59 Å². The summed E-state index contributed by atoms with van der Waals surface area (Å²) in [5.74, 6) is 0.218. The monoisotopic (exact) mass is 270 g/mol. The zero-order chi connectivity index (χ0) is 14.7. The van der Waals surface area contributed by atoms with Gasteiger partial charge in [0.15, 0.2) is 0 Å². The lowest BCUT2D eigenvalue weighted by atomic mass is 10.0. The molecule has 0 bridgehead atoms. The number of hydrogen-bond donors (Lipinski definition) is 3. The quantitative estimate of drug-likeness (QED) is 0.545. The van der Waals surface area contributed by atoms with Gasteiger partial charge in [0.1, 0.15) is 0 Å². The first-order valence-electron chi connectivity index (χ1n) is 6.71. The van der Waals surface area contributed by atoms with Crippen LogP contribution in [-0.2, 0) is 9.59 Å². The maximum Gasteiger partial charge on any atom is 0.239 e. The van der Waals surface area contributed by atoms with E-state index in [2.05, 4.69) is 20.9 Å². The number of carbonyl (C=O) groups is 2. The predicted octanol–water partition coefficient (Wildman–Crippen LogP) is -0.689. The van der Waals surface area contributed by atoms with E-state index in [1.54, 1.807) is 0 Å². The fraction of sp³-hybridized carbons (Fsp3) is 0.846. The molecule has 2 rings (SSSR count). The Kier molecular flexibility index (Phi) is 4.92. The molecule has 110 valence electrons. The molecule has 6 nitrogen and oxygen atoms in total. The molecule has 2 aliphatic rings. The number of nitrogens with one attached hydrogen (secondary N) is 3. The van der Waals surface area contributed by atoms with Gasteiger partial charge in [-0.3, -0.25) is 14.5 Å². The first-order valence-corrected chi connectivity index (χ1v) is 6.71. The van der Waals surface area contributed by atoms with Gasteiger partial charge in [0.25, 0.3) is 0 Å². The van der Waals surface area contributed by atoms with E-state index in [1.165, 1.54) is 0 Å². The molecule has 0 radical (unpaired) electrons. The van der Waals surface area contributed by atoms with Crippen molar-refractivity contribution in [3.63, 3.8) is 0 Å². The van der Waals surface area contributed by atoms with Crippen LogP contribution in [0.25, 0.3) is 0 Å². The van der Waals surface area contributed by atoms with Crippen molar-refractivity contribution in [2.45, 2.75) is 38.8 Å². The Morgan fingerprint density at radius 2 is 1.53 bits per heavy atom. The van der Waals surface area contributed by atoms with Crippen LogP contribution in [0.1, 0.15) is 27.7 Å². The van der Waals surface area contributed by atoms with Crippen LogP contribution in [0.4, 0.5) is 0 Å². The zero-order valence-electron chi connectivity index (χ0n) is 12.6. The van der Waals surface area contributed by atoms with Gasteiger partial charge in [0, 0.05) is 26.2 Å². The van der Waals surface area contributed by atoms with Gasteiger partial charge in [-0.2, -0.15) is 0 Å². The summed E-state index contributed by atoms with van der Waals surface area (Å²) >= 11 is 0. The number of likely N-dealkylation sites (N-methyl/N-ethyl adjacent to an activating group) is 1. The van der Waals surface area contributed by atoms with E-state index >= 15 is 0 Å². The summed E-state index contributed by atoms with van der Waals surface area (Å²) in [6, 6.07) is 0. The number of amides is 2. The minimum atomic E-state index is -0.363. The first kappa shape index (κ1) is 15.9. The largest absolute Gasteiger partial charge is 0.353 e. The summed E-state index contributed by atoms with van der Waals surface area (Å²) in [5, 5.41) is 8.69. The molecule has 0 aromatic carbocycles. The summed E-state index contributed by atoms with van der Waals surface area (Å²) in [5.41, 5.74) is -0.684. The highest BCUT2D eigenvalue weighted by Gasteiger charge is 2.34. The Labute approximate surface area is 115 Å². The molecular weight excluding hydrogens is 244 g/mol. The molecule has 6 heteroatoms. The fourth-order valence-corrected chi connectivity index (χ4v) is 1.86. The molecule has 19 heavy (non-hydrogen) atoms. The van der Waals surface area contributed by atoms with Gasteiger partial charge in [0.05, 0.1) is 11.1 Å². The highest BCUT2D eigenvalue weighted by molar-refractivity contribution is 5.86. The summed E-state index contributed by atoms with van der Waals surface area (Å²) in [6.45, 7) is 11.0. The van der Waals surface area contributed by atoms with Crippen LogP contribution < -0.4 is 16.0 Å². The van der Waals surface area contributed by atoms with Crippen LogP contribution in [0.5, 0.6) is 0 Å². The van der Waals surface area contributed by atoms with Crippen molar-refractivity contribution in [2.24, 2.45) is 0 Å². The lowest BCUT2D eigenvalue weighted by molar-refractivity contribution is -0.133. The Hall–Kier alpha value is -1.14. The van der Waals surface area contributed by atoms with Crippen molar-refractivity contribution in [3.05, 3.63) is 0 Å². The third-order valence-electron chi connectivity index (χ3n) is 3.79. The molecule has 0 aliphatic carbocycles. The highest BCUT2D eigenvalue weighted by atomic mass is 16.2. The third kappa shape index (κ3) is 3.91. The second kappa shape index (κ2) is 5.88. The summed E-state index contributed by atoms with van der Waals surface area (Å²) in [7, 11) is 1.97. The van der Waals surface area contributed by atoms with E-state index in [0.717, 1.165) is 26.2 Å². The summed E-state index contributed by atoms with van der Waals surface area (Å²) < 4.78 is 0. The molecular formula is C13H26N4O2. The molecule has 2 heterocycles. The fourth-order valence-electron chi connectivity index (χ4n) is 1.86. The molecule has 0 aromatic heterocycles. The summed E-state index contributed by atoms with van der Waals surface area (Å²) in [4.78, 5) is 24.2. The van der Waals surface area contributed by atoms with Gasteiger partial charge in [0.2, 0.25) is 11.8 Å². The average molecular weight is 270 g/mol. The molecule has 2 amide bonds. The van der Waals surface area contributed by atoms with Crippen LogP contribution in [0.2, 0.25) is 0 Å². The van der Waals surface area contributed by atoms with Crippen LogP contribution in [-0.4, -0.2) is 61.0 Å². The maximum atomic E-state index is 11.2. The van der Waals surface area contributed by atoms with E-state index in [1.807, 2.05) is 34.7 Å². The number of hydrogen-bond acceptors (Lipinski definition) is 4. The SMILES string of the molecule is CC1(C)NCCNC1=O.CN1CCNC(=O)C1(C)C. The topological polar surface area (TPSA) is 73.5 Å². The molecule has 2 saturated heterocycles. The molecule has 0 spiro atoms. The Bertz CT molecular complexity index is 353.